The number of carbonyl (C=O) groups excluding carboxylic acids is 1. The van der Waals surface area contributed by atoms with Crippen LogP contribution in [0.4, 0.5) is 0 Å². The molecule has 5 rings (SSSR count). The molecule has 0 saturated carbocycles. The lowest BCUT2D eigenvalue weighted by molar-refractivity contribution is -0.0000158. The first-order valence-electron chi connectivity index (χ1n) is 12.8. The Morgan fingerprint density at radius 3 is 1.54 bits per heavy atom. The Morgan fingerprint density at radius 1 is 0.659 bits per heavy atom. The maximum atomic E-state index is 13.9. The molecule has 0 atom stereocenters. The monoisotopic (exact) mass is 633 g/mol. The number of carbonyl (C=O) groups is 1. The molecule has 0 aliphatic heterocycles. The first kappa shape index (κ1) is 30.9. The number of benzene rings is 5. The molecule has 1 N–H and O–H groups in total. The molecule has 0 radical (unpaired) electrons. The third-order valence-corrected chi connectivity index (χ3v) is 12.6. The molecule has 41 heavy (non-hydrogen) atoms. The van der Waals surface area contributed by atoms with Crippen molar-refractivity contribution < 1.29 is 17.2 Å². The van der Waals surface area contributed by atoms with Gasteiger partial charge in [-0.3, -0.25) is 10.1 Å². The minimum absolute atomic E-state index is 0. The number of aryl methyl sites for hydroxylation is 1. The van der Waals surface area contributed by atoms with Gasteiger partial charge >= 0.3 is 0 Å². The largest absolute Gasteiger partial charge is 1.00 e. The molecule has 0 spiro atoms. The molecule has 0 bridgehead atoms. The van der Waals surface area contributed by atoms with E-state index in [-0.39, 0.29) is 18.3 Å². The van der Waals surface area contributed by atoms with Crippen LogP contribution in [0.1, 0.15) is 15.9 Å². The highest BCUT2D eigenvalue weighted by Crippen LogP contribution is 2.64. The van der Waals surface area contributed by atoms with E-state index in [4.69, 9.17) is 23.2 Å². The normalized spacial score (nSPS) is 11.7. The molecule has 0 fully saturated rings. The maximum absolute atomic E-state index is 13.9. The van der Waals surface area contributed by atoms with Gasteiger partial charge in [0, 0.05) is 15.5 Å². The fraction of sp³-hybridized carbons (Fsp3) is 0.0294. The highest BCUT2D eigenvalue weighted by Gasteiger charge is 2.52. The zero-order valence-electron chi connectivity index (χ0n) is 22.2. The number of amides is 1. The SMILES string of the molecule is Cc1ccc(S/C(Cl)=C(/NC(=O)c2ccc(Cl)cc2)[P+](c2ccccc2)(c2ccccc2)c2ccccc2)cc1.[Cl-]. The van der Waals surface area contributed by atoms with Gasteiger partial charge in [-0.2, -0.15) is 0 Å². The lowest BCUT2D eigenvalue weighted by Gasteiger charge is -2.30. The summed E-state index contributed by atoms with van der Waals surface area (Å²) in [6, 6.07) is 46.1. The van der Waals surface area contributed by atoms with Gasteiger partial charge in [-0.05, 0) is 79.7 Å². The molecule has 5 aromatic carbocycles. The highest BCUT2D eigenvalue weighted by atomic mass is 35.5. The van der Waals surface area contributed by atoms with Crippen molar-refractivity contribution in [3.63, 3.8) is 0 Å². The minimum atomic E-state index is -2.68. The first-order chi connectivity index (χ1) is 19.5. The second-order valence-electron chi connectivity index (χ2n) is 9.18. The van der Waals surface area contributed by atoms with E-state index in [9.17, 15) is 4.79 Å². The number of rotatable bonds is 8. The molecule has 0 aliphatic rings. The molecule has 0 saturated heterocycles. The van der Waals surface area contributed by atoms with Crippen LogP contribution in [0.15, 0.2) is 154 Å². The summed E-state index contributed by atoms with van der Waals surface area (Å²) >= 11 is 14.9. The van der Waals surface area contributed by atoms with E-state index in [1.165, 1.54) is 17.3 Å². The molecule has 7 heteroatoms. The quantitative estimate of drug-likeness (QED) is 0.180. The van der Waals surface area contributed by atoms with Gasteiger partial charge in [-0.15, -0.1) is 0 Å². The second kappa shape index (κ2) is 14.2. The van der Waals surface area contributed by atoms with Crippen LogP contribution in [0.25, 0.3) is 0 Å². The van der Waals surface area contributed by atoms with E-state index in [2.05, 4.69) is 72.9 Å². The Kier molecular flexibility index (Phi) is 10.7. The van der Waals surface area contributed by atoms with Crippen LogP contribution in [0.3, 0.4) is 0 Å². The van der Waals surface area contributed by atoms with Gasteiger partial charge in [0.2, 0.25) is 5.44 Å². The van der Waals surface area contributed by atoms with E-state index in [1.54, 1.807) is 24.3 Å². The fourth-order valence-corrected chi connectivity index (χ4v) is 10.6. The molecular formula is C34H27Cl3NOPS. The molecule has 0 aliphatic carbocycles. The smallest absolute Gasteiger partial charge is 0.258 e. The van der Waals surface area contributed by atoms with Crippen LogP contribution in [0.5, 0.6) is 0 Å². The minimum Gasteiger partial charge on any atom is -1.00 e. The highest BCUT2D eigenvalue weighted by molar-refractivity contribution is 8.06. The van der Waals surface area contributed by atoms with Crippen LogP contribution in [0.2, 0.25) is 5.02 Å². The molecule has 206 valence electrons. The summed E-state index contributed by atoms with van der Waals surface area (Å²) < 4.78 is 0.510. The molecule has 0 aromatic heterocycles. The van der Waals surface area contributed by atoms with Crippen molar-refractivity contribution in [1.82, 2.24) is 5.32 Å². The number of thioether (sulfide) groups is 1. The molecule has 0 unspecified atom stereocenters. The van der Waals surface area contributed by atoms with Crippen molar-refractivity contribution in [1.29, 1.82) is 0 Å². The van der Waals surface area contributed by atoms with Gasteiger partial charge in [0.05, 0.1) is 0 Å². The van der Waals surface area contributed by atoms with Gasteiger partial charge in [0.1, 0.15) is 20.3 Å². The van der Waals surface area contributed by atoms with Crippen LogP contribution >= 0.6 is 42.2 Å². The molecule has 0 heterocycles. The summed E-state index contributed by atoms with van der Waals surface area (Å²) in [5, 5.41) is 7.14. The topological polar surface area (TPSA) is 29.1 Å². The maximum Gasteiger partial charge on any atom is 0.258 e. The molecule has 5 aromatic rings. The number of hydrogen-bond acceptors (Lipinski definition) is 2. The summed E-state index contributed by atoms with van der Waals surface area (Å²) in [6.45, 7) is 2.06. The van der Waals surface area contributed by atoms with Crippen molar-refractivity contribution in [2.45, 2.75) is 11.8 Å². The van der Waals surface area contributed by atoms with Gasteiger partial charge in [-0.1, -0.05) is 107 Å². The summed E-state index contributed by atoms with van der Waals surface area (Å²) in [7, 11) is -2.68. The Morgan fingerprint density at radius 2 is 1.10 bits per heavy atom. The average Bonchev–Trinajstić information content (AvgIpc) is 3.00. The predicted octanol–water partition coefficient (Wildman–Crippen LogP) is 5.53. The predicted molar refractivity (Wildman–Crippen MR) is 174 cm³/mol. The van der Waals surface area contributed by atoms with Gasteiger partial charge in [0.15, 0.2) is 7.26 Å². The first-order valence-corrected chi connectivity index (χ1v) is 16.1. The van der Waals surface area contributed by atoms with Gasteiger partial charge in [0.25, 0.3) is 5.91 Å². The van der Waals surface area contributed by atoms with Crippen LogP contribution < -0.4 is 33.6 Å². The van der Waals surface area contributed by atoms with Crippen LogP contribution in [0, 0.1) is 6.92 Å². The summed E-state index contributed by atoms with van der Waals surface area (Å²) in [6.07, 6.45) is 0. The Bertz CT molecular complexity index is 1520. The Balaban J connectivity index is 0.00000387. The van der Waals surface area contributed by atoms with E-state index in [1.807, 2.05) is 54.6 Å². The zero-order chi connectivity index (χ0) is 28.0. The summed E-state index contributed by atoms with van der Waals surface area (Å²) in [4.78, 5) is 14.9. The standard InChI is InChI=1S/C34H26Cl2NOPS.ClH/c1-25-17-23-31(24-18-25)40-32(36)34(37-33(38)26-19-21-27(35)22-20-26)39(28-11-5-2-6-12-28,29-13-7-3-8-14-29)30-15-9-4-10-16-30;/h2-24H,1H3;1H/b34-32-;. The van der Waals surface area contributed by atoms with E-state index < -0.39 is 7.26 Å². The van der Waals surface area contributed by atoms with E-state index >= 15 is 0 Å². The third kappa shape index (κ3) is 6.89. The summed E-state index contributed by atoms with van der Waals surface area (Å²) in [5.74, 6) is -0.249. The second-order valence-corrected chi connectivity index (χ2v) is 14.6. The fourth-order valence-electron chi connectivity index (χ4n) is 4.59. The number of nitrogens with one attached hydrogen (secondary N) is 1. The van der Waals surface area contributed by atoms with Crippen LogP contribution in [-0.4, -0.2) is 5.91 Å². The van der Waals surface area contributed by atoms with Crippen LogP contribution in [-0.2, 0) is 0 Å². The van der Waals surface area contributed by atoms with Crippen molar-refractivity contribution in [2.75, 3.05) is 0 Å². The van der Waals surface area contributed by atoms with Crippen molar-refractivity contribution in [3.8, 4) is 0 Å². The van der Waals surface area contributed by atoms with E-state index in [0.717, 1.165) is 20.8 Å². The third-order valence-electron chi connectivity index (χ3n) is 6.52. The zero-order valence-corrected chi connectivity index (χ0v) is 26.2. The van der Waals surface area contributed by atoms with E-state index in [0.29, 0.717) is 20.4 Å². The van der Waals surface area contributed by atoms with Crippen molar-refractivity contribution >= 4 is 64.0 Å². The van der Waals surface area contributed by atoms with Gasteiger partial charge in [-0.25, -0.2) is 0 Å². The Labute approximate surface area is 262 Å². The average molecular weight is 635 g/mol. The van der Waals surface area contributed by atoms with Crippen molar-refractivity contribution in [2.24, 2.45) is 0 Å². The lowest BCUT2D eigenvalue weighted by atomic mass is 10.2. The number of hydrogen-bond donors (Lipinski definition) is 1. The lowest BCUT2D eigenvalue weighted by Crippen LogP contribution is -3.00. The Hall–Kier alpha value is -3.04. The molecular weight excluding hydrogens is 608 g/mol. The molecule has 1 amide bonds. The van der Waals surface area contributed by atoms with Crippen molar-refractivity contribution in [3.05, 3.63) is 165 Å². The molecule has 2 nitrogen and oxygen atoms in total. The number of halogens is 3. The van der Waals surface area contributed by atoms with Gasteiger partial charge < -0.3 is 12.4 Å². The summed E-state index contributed by atoms with van der Waals surface area (Å²) in [5.41, 5.74) is 2.35.